The van der Waals surface area contributed by atoms with Crippen molar-refractivity contribution in [3.63, 3.8) is 0 Å². The van der Waals surface area contributed by atoms with Crippen LogP contribution in [-0.2, 0) is 9.53 Å². The SMILES string of the molecule is C#CCCC(=O)NC1CCC1OC. The number of amides is 1. The molecular formula is C10H15NO2. The van der Waals surface area contributed by atoms with Gasteiger partial charge >= 0.3 is 0 Å². The lowest BCUT2D eigenvalue weighted by Crippen LogP contribution is -2.51. The van der Waals surface area contributed by atoms with Crippen LogP contribution in [0.15, 0.2) is 0 Å². The summed E-state index contributed by atoms with van der Waals surface area (Å²) in [4.78, 5) is 11.2. The Morgan fingerprint density at radius 1 is 1.69 bits per heavy atom. The maximum atomic E-state index is 11.2. The highest BCUT2D eigenvalue weighted by Gasteiger charge is 2.31. The van der Waals surface area contributed by atoms with Gasteiger partial charge in [-0.05, 0) is 12.8 Å². The van der Waals surface area contributed by atoms with E-state index in [1.54, 1.807) is 7.11 Å². The molecule has 1 saturated carbocycles. The molecule has 0 bridgehead atoms. The molecule has 0 radical (unpaired) electrons. The number of methoxy groups -OCH3 is 1. The first kappa shape index (κ1) is 10.1. The fourth-order valence-electron chi connectivity index (χ4n) is 1.38. The molecule has 72 valence electrons. The van der Waals surface area contributed by atoms with E-state index in [4.69, 9.17) is 11.2 Å². The third kappa shape index (κ3) is 2.74. The lowest BCUT2D eigenvalue weighted by molar-refractivity contribution is -0.124. The van der Waals surface area contributed by atoms with Gasteiger partial charge in [0.2, 0.25) is 5.91 Å². The minimum Gasteiger partial charge on any atom is -0.379 e. The molecule has 1 aliphatic rings. The van der Waals surface area contributed by atoms with Crippen molar-refractivity contribution in [2.75, 3.05) is 7.11 Å². The monoisotopic (exact) mass is 181 g/mol. The number of rotatable bonds is 4. The molecule has 2 unspecified atom stereocenters. The van der Waals surface area contributed by atoms with Crippen LogP contribution in [0.3, 0.4) is 0 Å². The topological polar surface area (TPSA) is 38.3 Å². The van der Waals surface area contributed by atoms with Crippen LogP contribution < -0.4 is 5.32 Å². The van der Waals surface area contributed by atoms with E-state index in [9.17, 15) is 4.79 Å². The van der Waals surface area contributed by atoms with Gasteiger partial charge < -0.3 is 10.1 Å². The van der Waals surface area contributed by atoms with Gasteiger partial charge in [0.1, 0.15) is 0 Å². The number of carbonyl (C=O) groups excluding carboxylic acids is 1. The molecular weight excluding hydrogens is 166 g/mol. The number of ether oxygens (including phenoxy) is 1. The van der Waals surface area contributed by atoms with Crippen molar-refractivity contribution in [3.05, 3.63) is 0 Å². The van der Waals surface area contributed by atoms with Gasteiger partial charge in [-0.2, -0.15) is 0 Å². The average Bonchev–Trinajstić information content (AvgIpc) is 2.10. The summed E-state index contributed by atoms with van der Waals surface area (Å²) in [5.74, 6) is 2.47. The lowest BCUT2D eigenvalue weighted by atomic mass is 9.89. The van der Waals surface area contributed by atoms with Crippen LogP contribution >= 0.6 is 0 Å². The van der Waals surface area contributed by atoms with E-state index in [2.05, 4.69) is 11.2 Å². The number of hydrogen-bond acceptors (Lipinski definition) is 2. The Morgan fingerprint density at radius 3 is 2.92 bits per heavy atom. The van der Waals surface area contributed by atoms with Crippen LogP contribution in [-0.4, -0.2) is 25.2 Å². The van der Waals surface area contributed by atoms with Crippen LogP contribution in [0.5, 0.6) is 0 Å². The summed E-state index contributed by atoms with van der Waals surface area (Å²) < 4.78 is 5.15. The quantitative estimate of drug-likeness (QED) is 0.648. The van der Waals surface area contributed by atoms with Gasteiger partial charge in [-0.25, -0.2) is 0 Å². The van der Waals surface area contributed by atoms with Crippen LogP contribution in [0.25, 0.3) is 0 Å². The molecule has 0 heterocycles. The van der Waals surface area contributed by atoms with Crippen molar-refractivity contribution in [2.45, 2.75) is 37.8 Å². The number of nitrogens with one attached hydrogen (secondary N) is 1. The second-order valence-electron chi connectivity index (χ2n) is 3.23. The molecule has 0 aliphatic heterocycles. The summed E-state index contributed by atoms with van der Waals surface area (Å²) in [7, 11) is 1.67. The highest BCUT2D eigenvalue weighted by atomic mass is 16.5. The largest absolute Gasteiger partial charge is 0.379 e. The van der Waals surface area contributed by atoms with Gasteiger partial charge in [0, 0.05) is 20.0 Å². The Bertz CT molecular complexity index is 217. The first-order valence-corrected chi connectivity index (χ1v) is 4.53. The van der Waals surface area contributed by atoms with Crippen LogP contribution in [0.2, 0.25) is 0 Å². The van der Waals surface area contributed by atoms with E-state index in [1.165, 1.54) is 0 Å². The predicted molar refractivity (Wildman–Crippen MR) is 50.0 cm³/mol. The summed E-state index contributed by atoms with van der Waals surface area (Å²) >= 11 is 0. The van der Waals surface area contributed by atoms with Crippen molar-refractivity contribution < 1.29 is 9.53 Å². The second-order valence-corrected chi connectivity index (χ2v) is 3.23. The van der Waals surface area contributed by atoms with E-state index in [1.807, 2.05) is 0 Å². The molecule has 0 aromatic heterocycles. The Kier molecular flexibility index (Phi) is 3.78. The molecule has 0 spiro atoms. The van der Waals surface area contributed by atoms with Gasteiger partial charge in [-0.15, -0.1) is 12.3 Å². The predicted octanol–water partition coefficient (Wildman–Crippen LogP) is 0.693. The van der Waals surface area contributed by atoms with Gasteiger partial charge in [-0.1, -0.05) is 0 Å². The molecule has 2 atom stereocenters. The van der Waals surface area contributed by atoms with Gasteiger partial charge in [0.15, 0.2) is 0 Å². The molecule has 0 aromatic carbocycles. The standard InChI is InChI=1S/C10H15NO2/c1-3-4-5-10(12)11-8-6-7-9(8)13-2/h1,8-9H,4-7H2,2H3,(H,11,12). The molecule has 3 heteroatoms. The first-order chi connectivity index (χ1) is 6.27. The average molecular weight is 181 g/mol. The smallest absolute Gasteiger partial charge is 0.221 e. The fraction of sp³-hybridized carbons (Fsp3) is 0.700. The molecule has 13 heavy (non-hydrogen) atoms. The summed E-state index contributed by atoms with van der Waals surface area (Å²) in [5.41, 5.74) is 0. The zero-order valence-electron chi connectivity index (χ0n) is 7.88. The third-order valence-corrected chi connectivity index (χ3v) is 2.36. The summed E-state index contributed by atoms with van der Waals surface area (Å²) in [6.45, 7) is 0. The zero-order chi connectivity index (χ0) is 9.68. The Morgan fingerprint density at radius 2 is 2.46 bits per heavy atom. The molecule has 1 aliphatic carbocycles. The highest BCUT2D eigenvalue weighted by Crippen LogP contribution is 2.22. The van der Waals surface area contributed by atoms with E-state index in [-0.39, 0.29) is 18.1 Å². The van der Waals surface area contributed by atoms with Gasteiger partial charge in [-0.3, -0.25) is 4.79 Å². The van der Waals surface area contributed by atoms with Crippen LogP contribution in [0.1, 0.15) is 25.7 Å². The van der Waals surface area contributed by atoms with Crippen LogP contribution in [0.4, 0.5) is 0 Å². The van der Waals surface area contributed by atoms with Crippen molar-refractivity contribution in [3.8, 4) is 12.3 Å². The Labute approximate surface area is 78.8 Å². The lowest BCUT2D eigenvalue weighted by Gasteiger charge is -2.35. The number of carbonyl (C=O) groups is 1. The van der Waals surface area contributed by atoms with E-state index in [0.717, 1.165) is 12.8 Å². The van der Waals surface area contributed by atoms with Crippen molar-refractivity contribution in [1.82, 2.24) is 5.32 Å². The minimum atomic E-state index is 0.0321. The zero-order valence-corrected chi connectivity index (χ0v) is 7.88. The number of terminal acetylenes is 1. The van der Waals surface area contributed by atoms with E-state index < -0.39 is 0 Å². The second kappa shape index (κ2) is 4.88. The molecule has 0 saturated heterocycles. The van der Waals surface area contributed by atoms with Gasteiger partial charge in [0.25, 0.3) is 0 Å². The molecule has 1 rings (SSSR count). The third-order valence-electron chi connectivity index (χ3n) is 2.36. The maximum absolute atomic E-state index is 11.2. The summed E-state index contributed by atoms with van der Waals surface area (Å²) in [6.07, 6.45) is 8.24. The summed E-state index contributed by atoms with van der Waals surface area (Å²) in [6, 6.07) is 0.204. The summed E-state index contributed by atoms with van der Waals surface area (Å²) in [5, 5.41) is 2.89. The minimum absolute atomic E-state index is 0.0321. The van der Waals surface area contributed by atoms with Gasteiger partial charge in [0.05, 0.1) is 12.1 Å². The first-order valence-electron chi connectivity index (χ1n) is 4.53. The van der Waals surface area contributed by atoms with Crippen molar-refractivity contribution >= 4 is 5.91 Å². The molecule has 0 aromatic rings. The van der Waals surface area contributed by atoms with E-state index >= 15 is 0 Å². The molecule has 3 nitrogen and oxygen atoms in total. The normalized spacial score (nSPS) is 25.8. The Hall–Kier alpha value is -1.01. The highest BCUT2D eigenvalue weighted by molar-refractivity contribution is 5.76. The molecule has 1 N–H and O–H groups in total. The molecule has 1 fully saturated rings. The van der Waals surface area contributed by atoms with Crippen molar-refractivity contribution in [1.29, 1.82) is 0 Å². The fourth-order valence-corrected chi connectivity index (χ4v) is 1.38. The molecule has 1 amide bonds. The van der Waals surface area contributed by atoms with Crippen molar-refractivity contribution in [2.24, 2.45) is 0 Å². The number of hydrogen-bond donors (Lipinski definition) is 1. The van der Waals surface area contributed by atoms with Crippen LogP contribution in [0, 0.1) is 12.3 Å². The maximum Gasteiger partial charge on any atom is 0.221 e. The Balaban J connectivity index is 2.17. The van der Waals surface area contributed by atoms with E-state index in [0.29, 0.717) is 12.8 Å².